The quantitative estimate of drug-likeness (QED) is 0.0261. The van der Waals surface area contributed by atoms with Crippen molar-refractivity contribution < 1.29 is 28.6 Å². The van der Waals surface area contributed by atoms with Gasteiger partial charge in [0.2, 0.25) is 0 Å². The summed E-state index contributed by atoms with van der Waals surface area (Å²) >= 11 is 0. The third kappa shape index (κ3) is 64.7. The molecule has 0 bridgehead atoms. The topological polar surface area (TPSA) is 78.9 Å². The van der Waals surface area contributed by atoms with E-state index in [4.69, 9.17) is 14.2 Å². The molecular weight excluding hydrogens is 961 g/mol. The number of hydrogen-bond donors (Lipinski definition) is 0. The molecule has 1 unspecified atom stereocenters. The standard InChI is InChI=1S/C72H136O6/c1-4-7-10-13-16-19-22-24-26-28-29-30-31-32-33-34-35-36-37-38-39-40-41-42-43-44-46-47-50-53-56-59-62-65-71(74)77-68-69(67-76-70(73)64-61-58-55-52-49-21-18-15-12-9-6-3)78-72(75)66-63-60-57-54-51-48-45-27-25-23-20-17-14-11-8-5-2/h15,18,28-29,69H,4-14,16-17,19-27,30-68H2,1-3H3/b18-15-,29-28-. The van der Waals surface area contributed by atoms with Gasteiger partial charge in [-0.3, -0.25) is 14.4 Å². The molecule has 0 aliphatic heterocycles. The Morgan fingerprint density at radius 1 is 0.244 bits per heavy atom. The third-order valence-corrected chi connectivity index (χ3v) is 16.2. The summed E-state index contributed by atoms with van der Waals surface area (Å²) < 4.78 is 16.9. The number of unbranched alkanes of at least 4 members (excludes halogenated alkanes) is 51. The largest absolute Gasteiger partial charge is 0.462 e. The van der Waals surface area contributed by atoms with Gasteiger partial charge in [-0.15, -0.1) is 0 Å². The average molecular weight is 1100 g/mol. The first kappa shape index (κ1) is 75.9. The van der Waals surface area contributed by atoms with Crippen LogP contribution in [0.25, 0.3) is 0 Å². The molecule has 0 fully saturated rings. The lowest BCUT2D eigenvalue weighted by Crippen LogP contribution is -2.30. The summed E-state index contributed by atoms with van der Waals surface area (Å²) in [5, 5.41) is 0. The molecule has 460 valence electrons. The second-order valence-electron chi connectivity index (χ2n) is 24.1. The molecule has 0 spiro atoms. The first-order chi connectivity index (χ1) is 38.5. The zero-order valence-corrected chi connectivity index (χ0v) is 53.0. The molecule has 0 amide bonds. The van der Waals surface area contributed by atoms with Crippen LogP contribution in [0.4, 0.5) is 0 Å². The van der Waals surface area contributed by atoms with Gasteiger partial charge in [0, 0.05) is 19.3 Å². The molecule has 0 saturated carbocycles. The zero-order chi connectivity index (χ0) is 56.4. The van der Waals surface area contributed by atoms with Crippen LogP contribution in [0.5, 0.6) is 0 Å². The van der Waals surface area contributed by atoms with Crippen LogP contribution in [0.3, 0.4) is 0 Å². The number of hydrogen-bond acceptors (Lipinski definition) is 6. The van der Waals surface area contributed by atoms with Gasteiger partial charge in [0.05, 0.1) is 0 Å². The Bertz CT molecular complexity index is 1260. The van der Waals surface area contributed by atoms with Crippen LogP contribution in [0.2, 0.25) is 0 Å². The first-order valence-electron chi connectivity index (χ1n) is 35.3. The summed E-state index contributed by atoms with van der Waals surface area (Å²) in [6.45, 7) is 6.67. The highest BCUT2D eigenvalue weighted by Gasteiger charge is 2.19. The number of esters is 3. The van der Waals surface area contributed by atoms with Crippen molar-refractivity contribution >= 4 is 17.9 Å². The molecule has 0 saturated heterocycles. The maximum atomic E-state index is 12.9. The minimum absolute atomic E-state index is 0.0674. The highest BCUT2D eigenvalue weighted by atomic mass is 16.6. The van der Waals surface area contributed by atoms with Gasteiger partial charge in [-0.25, -0.2) is 0 Å². The maximum absolute atomic E-state index is 12.9. The number of carbonyl (C=O) groups is 3. The molecule has 78 heavy (non-hydrogen) atoms. The molecule has 0 N–H and O–H groups in total. The molecule has 0 heterocycles. The van der Waals surface area contributed by atoms with Gasteiger partial charge >= 0.3 is 17.9 Å². The van der Waals surface area contributed by atoms with Crippen molar-refractivity contribution in [1.82, 2.24) is 0 Å². The van der Waals surface area contributed by atoms with Gasteiger partial charge in [0.1, 0.15) is 13.2 Å². The van der Waals surface area contributed by atoms with Crippen molar-refractivity contribution in [3.8, 4) is 0 Å². The fraction of sp³-hybridized carbons (Fsp3) is 0.903. The SMILES string of the molecule is CCCC/C=C\CCCCCCCC(=O)OCC(COC(=O)CCCCCCCCCCCCCCCCCCCCCCC/C=C\CCCCCCCCCC)OC(=O)CCCCCCCCCCCCCCCCCC. The molecule has 1 atom stereocenters. The van der Waals surface area contributed by atoms with Crippen LogP contribution >= 0.6 is 0 Å². The molecule has 6 nitrogen and oxygen atoms in total. The Morgan fingerprint density at radius 3 is 0.679 bits per heavy atom. The van der Waals surface area contributed by atoms with E-state index >= 15 is 0 Å². The molecule has 0 aliphatic carbocycles. The van der Waals surface area contributed by atoms with E-state index in [2.05, 4.69) is 45.1 Å². The molecular formula is C72H136O6. The van der Waals surface area contributed by atoms with Gasteiger partial charge in [-0.1, -0.05) is 340 Å². The van der Waals surface area contributed by atoms with E-state index in [1.807, 2.05) is 0 Å². The summed E-state index contributed by atoms with van der Waals surface area (Å²) in [4.78, 5) is 38.3. The van der Waals surface area contributed by atoms with Crippen LogP contribution in [-0.4, -0.2) is 37.2 Å². The summed E-state index contributed by atoms with van der Waals surface area (Å²) in [5.74, 6) is -0.849. The number of ether oxygens (including phenoxy) is 3. The molecule has 0 aromatic carbocycles. The lowest BCUT2D eigenvalue weighted by atomic mass is 10.0. The van der Waals surface area contributed by atoms with Crippen molar-refractivity contribution in [3.05, 3.63) is 24.3 Å². The zero-order valence-electron chi connectivity index (χ0n) is 53.0. The van der Waals surface area contributed by atoms with Crippen LogP contribution in [-0.2, 0) is 28.6 Å². The Hall–Kier alpha value is -2.11. The molecule has 0 aliphatic rings. The monoisotopic (exact) mass is 1100 g/mol. The number of allylic oxidation sites excluding steroid dienone is 4. The summed E-state index contributed by atoms with van der Waals surface area (Å²) in [6.07, 6.45) is 82.3. The van der Waals surface area contributed by atoms with Crippen molar-refractivity contribution in [3.63, 3.8) is 0 Å². The number of rotatable bonds is 66. The van der Waals surface area contributed by atoms with E-state index in [1.165, 1.54) is 295 Å². The van der Waals surface area contributed by atoms with Gasteiger partial charge in [-0.05, 0) is 64.2 Å². The predicted molar refractivity (Wildman–Crippen MR) is 340 cm³/mol. The number of carbonyl (C=O) groups excluding carboxylic acids is 3. The van der Waals surface area contributed by atoms with Gasteiger partial charge < -0.3 is 14.2 Å². The van der Waals surface area contributed by atoms with Crippen LogP contribution in [0.15, 0.2) is 24.3 Å². The lowest BCUT2D eigenvalue weighted by molar-refractivity contribution is -0.167. The maximum Gasteiger partial charge on any atom is 0.306 e. The Morgan fingerprint density at radius 2 is 0.436 bits per heavy atom. The fourth-order valence-corrected chi connectivity index (χ4v) is 10.8. The van der Waals surface area contributed by atoms with E-state index in [0.717, 1.165) is 64.2 Å². The Balaban J connectivity index is 4.04. The first-order valence-corrected chi connectivity index (χ1v) is 35.3. The molecule has 0 aromatic rings. The molecule has 0 aromatic heterocycles. The van der Waals surface area contributed by atoms with Crippen molar-refractivity contribution in [2.24, 2.45) is 0 Å². The lowest BCUT2D eigenvalue weighted by Gasteiger charge is -2.18. The van der Waals surface area contributed by atoms with Crippen LogP contribution < -0.4 is 0 Å². The second-order valence-corrected chi connectivity index (χ2v) is 24.1. The van der Waals surface area contributed by atoms with Crippen molar-refractivity contribution in [1.29, 1.82) is 0 Å². The normalized spacial score (nSPS) is 12.1. The van der Waals surface area contributed by atoms with Crippen molar-refractivity contribution in [2.75, 3.05) is 13.2 Å². The predicted octanol–water partition coefficient (Wildman–Crippen LogP) is 24.2. The van der Waals surface area contributed by atoms with Crippen LogP contribution in [0, 0.1) is 0 Å². The van der Waals surface area contributed by atoms with E-state index in [9.17, 15) is 14.4 Å². The van der Waals surface area contributed by atoms with E-state index in [1.54, 1.807) is 0 Å². The smallest absolute Gasteiger partial charge is 0.306 e. The highest BCUT2D eigenvalue weighted by Crippen LogP contribution is 2.19. The van der Waals surface area contributed by atoms with Gasteiger partial charge in [0.25, 0.3) is 0 Å². The minimum atomic E-state index is -0.770. The third-order valence-electron chi connectivity index (χ3n) is 16.2. The average Bonchev–Trinajstić information content (AvgIpc) is 3.44. The minimum Gasteiger partial charge on any atom is -0.462 e. The van der Waals surface area contributed by atoms with E-state index < -0.39 is 6.10 Å². The summed E-state index contributed by atoms with van der Waals surface area (Å²) in [7, 11) is 0. The molecule has 0 rings (SSSR count). The van der Waals surface area contributed by atoms with Crippen molar-refractivity contribution in [2.45, 2.75) is 406 Å². The Labute approximate surface area is 487 Å². The summed E-state index contributed by atoms with van der Waals surface area (Å²) in [6, 6.07) is 0. The van der Waals surface area contributed by atoms with Gasteiger partial charge in [0.15, 0.2) is 6.10 Å². The van der Waals surface area contributed by atoms with E-state index in [-0.39, 0.29) is 31.1 Å². The fourth-order valence-electron chi connectivity index (χ4n) is 10.8. The van der Waals surface area contributed by atoms with Gasteiger partial charge in [-0.2, -0.15) is 0 Å². The molecule has 6 heteroatoms. The second kappa shape index (κ2) is 67.4. The van der Waals surface area contributed by atoms with Crippen LogP contribution in [0.1, 0.15) is 400 Å². The Kier molecular flexibility index (Phi) is 65.6. The summed E-state index contributed by atoms with van der Waals surface area (Å²) in [5.41, 5.74) is 0. The highest BCUT2D eigenvalue weighted by molar-refractivity contribution is 5.71. The van der Waals surface area contributed by atoms with E-state index in [0.29, 0.717) is 19.3 Å². The molecule has 0 radical (unpaired) electrons.